The first-order valence-electron chi connectivity index (χ1n) is 7.31. The number of halogens is 3. The quantitative estimate of drug-likeness (QED) is 0.772. The van der Waals surface area contributed by atoms with Gasteiger partial charge in [0.25, 0.3) is 0 Å². The van der Waals surface area contributed by atoms with Gasteiger partial charge in [-0.15, -0.1) is 0 Å². The van der Waals surface area contributed by atoms with Gasteiger partial charge in [0, 0.05) is 0 Å². The van der Waals surface area contributed by atoms with Crippen LogP contribution in [0.2, 0.25) is 18.1 Å². The Labute approximate surface area is 135 Å². The Hall–Kier alpha value is -1.50. The number of rotatable bonds is 5. The normalized spacial score (nSPS) is 14.4. The van der Waals surface area contributed by atoms with Gasteiger partial charge in [-0.1, -0.05) is 32.9 Å². The Morgan fingerprint density at radius 2 is 1.65 bits per heavy atom. The summed E-state index contributed by atoms with van der Waals surface area (Å²) >= 11 is 0. The summed E-state index contributed by atoms with van der Waals surface area (Å²) in [6.45, 7) is 10.4. The highest BCUT2D eigenvalue weighted by Gasteiger charge is 2.45. The molecule has 23 heavy (non-hydrogen) atoms. The molecule has 1 rings (SSSR count). The minimum atomic E-state index is -4.76. The van der Waals surface area contributed by atoms with Crippen molar-refractivity contribution < 1.29 is 27.5 Å². The van der Waals surface area contributed by atoms with E-state index in [1.54, 1.807) is 12.1 Å². The fraction of sp³-hybridized carbons (Fsp3) is 0.562. The number of hydrogen-bond acceptors (Lipinski definition) is 2. The summed E-state index contributed by atoms with van der Waals surface area (Å²) in [5.41, 5.74) is 0.317. The smallest absolute Gasteiger partial charge is 0.402 e. The first-order chi connectivity index (χ1) is 10.2. The molecular weight excluding hydrogens is 325 g/mol. The molecule has 1 atom stereocenters. The van der Waals surface area contributed by atoms with Gasteiger partial charge in [-0.2, -0.15) is 13.2 Å². The molecule has 0 saturated heterocycles. The predicted octanol–water partition coefficient (Wildman–Crippen LogP) is 4.88. The first kappa shape index (κ1) is 19.5. The summed E-state index contributed by atoms with van der Waals surface area (Å²) in [7, 11) is -2.02. The third-order valence-electron chi connectivity index (χ3n) is 4.24. The van der Waals surface area contributed by atoms with E-state index in [-0.39, 0.29) is 5.04 Å². The zero-order chi connectivity index (χ0) is 18.1. The van der Waals surface area contributed by atoms with Crippen LogP contribution in [-0.4, -0.2) is 25.6 Å². The largest absolute Gasteiger partial charge is 0.544 e. The van der Waals surface area contributed by atoms with Crippen molar-refractivity contribution in [2.75, 3.05) is 0 Å². The molecule has 1 aromatic carbocycles. The molecule has 0 bridgehead atoms. The van der Waals surface area contributed by atoms with Gasteiger partial charge >= 0.3 is 12.1 Å². The zero-order valence-electron chi connectivity index (χ0n) is 14.0. The molecule has 7 heteroatoms. The van der Waals surface area contributed by atoms with Gasteiger partial charge in [0.2, 0.25) is 8.32 Å². The van der Waals surface area contributed by atoms with Crippen molar-refractivity contribution >= 4 is 14.3 Å². The zero-order valence-corrected chi connectivity index (χ0v) is 15.0. The van der Waals surface area contributed by atoms with Crippen molar-refractivity contribution in [2.24, 2.45) is 5.92 Å². The highest BCUT2D eigenvalue weighted by atomic mass is 28.4. The number of alkyl halides is 3. The summed E-state index contributed by atoms with van der Waals surface area (Å²) in [6.07, 6.45) is -5.35. The van der Waals surface area contributed by atoms with Crippen molar-refractivity contribution in [3.05, 3.63) is 29.8 Å². The second kappa shape index (κ2) is 6.55. The van der Waals surface area contributed by atoms with Gasteiger partial charge < -0.3 is 9.53 Å². The molecule has 0 saturated carbocycles. The fourth-order valence-electron chi connectivity index (χ4n) is 1.72. The van der Waals surface area contributed by atoms with Crippen molar-refractivity contribution in [3.8, 4) is 5.75 Å². The number of benzene rings is 1. The van der Waals surface area contributed by atoms with Crippen molar-refractivity contribution in [1.82, 2.24) is 0 Å². The third kappa shape index (κ3) is 5.26. The van der Waals surface area contributed by atoms with Crippen molar-refractivity contribution in [3.63, 3.8) is 0 Å². The van der Waals surface area contributed by atoms with Crippen molar-refractivity contribution in [1.29, 1.82) is 0 Å². The molecule has 0 fully saturated rings. The minimum absolute atomic E-state index is 0.0103. The topological polar surface area (TPSA) is 46.5 Å². The lowest BCUT2D eigenvalue weighted by Crippen LogP contribution is -2.43. The molecule has 1 N–H and O–H groups in total. The van der Waals surface area contributed by atoms with Gasteiger partial charge in [0.05, 0.1) is 0 Å². The Balaban J connectivity index is 2.87. The Morgan fingerprint density at radius 3 is 2.00 bits per heavy atom. The van der Waals surface area contributed by atoms with Gasteiger partial charge in [0.15, 0.2) is 5.92 Å². The van der Waals surface area contributed by atoms with Crippen LogP contribution in [0.5, 0.6) is 5.75 Å². The lowest BCUT2D eigenvalue weighted by molar-refractivity contribution is -0.193. The van der Waals surface area contributed by atoms with Gasteiger partial charge in [-0.25, -0.2) is 0 Å². The molecule has 0 aliphatic carbocycles. The molecular formula is C16H23F3O3Si. The number of hydrogen-bond donors (Lipinski definition) is 1. The van der Waals surface area contributed by atoms with Crippen LogP contribution in [0.1, 0.15) is 26.3 Å². The van der Waals surface area contributed by atoms with Crippen LogP contribution in [0.25, 0.3) is 0 Å². The van der Waals surface area contributed by atoms with E-state index in [1.165, 1.54) is 12.1 Å². The summed E-state index contributed by atoms with van der Waals surface area (Å²) in [5.74, 6) is -3.66. The maximum absolute atomic E-state index is 12.7. The highest BCUT2D eigenvalue weighted by Crippen LogP contribution is 2.37. The monoisotopic (exact) mass is 348 g/mol. The summed E-state index contributed by atoms with van der Waals surface area (Å²) in [5, 5.41) is 8.74. The molecule has 3 nitrogen and oxygen atoms in total. The van der Waals surface area contributed by atoms with Gasteiger partial charge in [-0.05, 0) is 42.2 Å². The second-order valence-electron chi connectivity index (χ2n) is 7.14. The van der Waals surface area contributed by atoms with Gasteiger partial charge in [-0.3, -0.25) is 4.79 Å². The van der Waals surface area contributed by atoms with Gasteiger partial charge in [0.1, 0.15) is 5.75 Å². The van der Waals surface area contributed by atoms with E-state index in [0.717, 1.165) is 0 Å². The third-order valence-corrected chi connectivity index (χ3v) is 8.59. The van der Waals surface area contributed by atoms with E-state index in [4.69, 9.17) is 9.53 Å². The molecule has 130 valence electrons. The van der Waals surface area contributed by atoms with Crippen molar-refractivity contribution in [2.45, 2.75) is 51.5 Å². The lowest BCUT2D eigenvalue weighted by Gasteiger charge is -2.36. The van der Waals surface area contributed by atoms with E-state index in [1.807, 2.05) is 0 Å². The average Bonchev–Trinajstić information content (AvgIpc) is 2.34. The van der Waals surface area contributed by atoms with Crippen LogP contribution >= 0.6 is 0 Å². The number of carboxylic acid groups (broad SMARTS) is 1. The van der Waals surface area contributed by atoms with E-state index >= 15 is 0 Å². The molecule has 1 unspecified atom stereocenters. The number of aliphatic carboxylic acids is 1. The molecule has 0 aromatic heterocycles. The Bertz CT molecular complexity index is 545. The lowest BCUT2D eigenvalue weighted by atomic mass is 9.99. The predicted molar refractivity (Wildman–Crippen MR) is 85.2 cm³/mol. The van der Waals surface area contributed by atoms with E-state index in [2.05, 4.69) is 33.9 Å². The molecule has 0 aliphatic rings. The number of carboxylic acids is 1. The maximum atomic E-state index is 12.7. The maximum Gasteiger partial charge on any atom is 0.402 e. The van der Waals surface area contributed by atoms with Crippen LogP contribution in [0, 0.1) is 5.92 Å². The average molecular weight is 348 g/mol. The first-order valence-corrected chi connectivity index (χ1v) is 10.2. The highest BCUT2D eigenvalue weighted by molar-refractivity contribution is 6.74. The summed E-state index contributed by atoms with van der Waals surface area (Å²) < 4.78 is 44.1. The van der Waals surface area contributed by atoms with Crippen LogP contribution in [0.4, 0.5) is 13.2 Å². The fourth-order valence-corrected chi connectivity index (χ4v) is 2.75. The number of carbonyl (C=O) groups is 1. The molecule has 0 radical (unpaired) electrons. The molecule has 0 heterocycles. The Morgan fingerprint density at radius 1 is 1.17 bits per heavy atom. The second-order valence-corrected chi connectivity index (χ2v) is 11.9. The molecule has 0 spiro atoms. The van der Waals surface area contributed by atoms with E-state index in [9.17, 15) is 18.0 Å². The molecule has 1 aromatic rings. The summed E-state index contributed by atoms with van der Waals surface area (Å²) in [4.78, 5) is 10.8. The molecule has 0 amide bonds. The van der Waals surface area contributed by atoms with E-state index < -0.39 is 32.8 Å². The van der Waals surface area contributed by atoms with Crippen LogP contribution in [0.15, 0.2) is 24.3 Å². The standard InChI is InChI=1S/C16H23F3O3Si/c1-15(2,3)23(4,5)22-12-8-6-11(7-9-12)10-13(14(20)21)16(17,18)19/h6-9,13H,10H2,1-5H3,(H,20,21). The van der Waals surface area contributed by atoms with Crippen LogP contribution < -0.4 is 4.43 Å². The summed E-state index contributed by atoms with van der Waals surface area (Å²) in [6, 6.07) is 6.19. The minimum Gasteiger partial charge on any atom is -0.544 e. The van der Waals surface area contributed by atoms with Crippen LogP contribution in [0.3, 0.4) is 0 Å². The van der Waals surface area contributed by atoms with Crippen LogP contribution in [-0.2, 0) is 11.2 Å². The molecule has 0 aliphatic heterocycles. The Kier molecular flexibility index (Phi) is 5.56. The van der Waals surface area contributed by atoms with E-state index in [0.29, 0.717) is 11.3 Å². The SMILES string of the molecule is CC(C)(C)[Si](C)(C)Oc1ccc(CC(C(=O)O)C(F)(F)F)cc1.